The molecule has 3 aromatic rings. The molecule has 0 saturated heterocycles. The molecule has 33 heteroatoms. The lowest BCUT2D eigenvalue weighted by Gasteiger charge is -2.29. The number of carboxylic acid groups (broad SMARTS) is 3. The van der Waals surface area contributed by atoms with E-state index in [1.807, 2.05) is 12.1 Å². The number of aromatic nitrogens is 1. The van der Waals surface area contributed by atoms with Crippen LogP contribution in [0.3, 0.4) is 0 Å². The second-order valence-corrected chi connectivity index (χ2v) is 24.2. The zero-order chi connectivity index (χ0) is 72.6. The number of nitrogens with one attached hydrogen (secondary N) is 12. The minimum absolute atomic E-state index is 0.0827. The van der Waals surface area contributed by atoms with Crippen LogP contribution in [0.4, 0.5) is 0 Å². The monoisotopic (exact) mass is 1360 g/mol. The van der Waals surface area contributed by atoms with E-state index in [1.54, 1.807) is 76.4 Å². The van der Waals surface area contributed by atoms with Crippen LogP contribution in [0.2, 0.25) is 0 Å². The molecule has 0 aliphatic heterocycles. The first-order chi connectivity index (χ1) is 45.7. The zero-order valence-electron chi connectivity index (χ0n) is 55.6. The first-order valence-electron chi connectivity index (χ1n) is 32.0. The van der Waals surface area contributed by atoms with E-state index in [2.05, 4.69) is 63.5 Å². The van der Waals surface area contributed by atoms with Crippen molar-refractivity contribution >= 4 is 99.7 Å². The van der Waals surface area contributed by atoms with Gasteiger partial charge in [0.2, 0.25) is 70.9 Å². The number of hydrogen-bond acceptors (Lipinski definition) is 17. The Morgan fingerprint density at radius 3 is 1.53 bits per heavy atom. The largest absolute Gasteiger partial charge is 0.481 e. The fourth-order valence-electron chi connectivity index (χ4n) is 9.81. The van der Waals surface area contributed by atoms with Crippen molar-refractivity contribution in [3.8, 4) is 0 Å². The number of carboxylic acids is 3. The molecule has 0 spiro atoms. The van der Waals surface area contributed by atoms with E-state index in [4.69, 9.17) is 22.3 Å². The van der Waals surface area contributed by atoms with Gasteiger partial charge in [0.1, 0.15) is 60.4 Å². The van der Waals surface area contributed by atoms with E-state index < -0.39 is 193 Å². The highest BCUT2D eigenvalue weighted by molar-refractivity contribution is 5.99. The van der Waals surface area contributed by atoms with Gasteiger partial charge < -0.3 is 96.0 Å². The summed E-state index contributed by atoms with van der Waals surface area (Å²) in [6, 6.07) is -0.0833. The predicted molar refractivity (Wildman–Crippen MR) is 351 cm³/mol. The summed E-state index contributed by atoms with van der Waals surface area (Å²) in [5, 5.41) is 56.7. The third kappa shape index (κ3) is 28.8. The van der Waals surface area contributed by atoms with Crippen LogP contribution < -0.4 is 75.7 Å². The number of benzene rings is 2. The van der Waals surface area contributed by atoms with Gasteiger partial charge in [0.15, 0.2) is 0 Å². The van der Waals surface area contributed by atoms with Gasteiger partial charge in [-0.15, -0.1) is 0 Å². The number of hydrogen-bond donors (Lipinski definition) is 18. The smallest absolute Gasteiger partial charge is 0.326 e. The molecule has 0 fully saturated rings. The fraction of sp³-hybridized carbons (Fsp3) is 0.547. The molecule has 1 heterocycles. The molecule has 2 aromatic carbocycles. The lowest BCUT2D eigenvalue weighted by Crippen LogP contribution is -2.61. The van der Waals surface area contributed by atoms with Crippen molar-refractivity contribution in [2.24, 2.45) is 29.0 Å². The topological polar surface area (TPSA) is 543 Å². The van der Waals surface area contributed by atoms with Crippen molar-refractivity contribution in [3.05, 3.63) is 71.9 Å². The third-order valence-corrected chi connectivity index (χ3v) is 15.6. The van der Waals surface area contributed by atoms with Crippen LogP contribution in [-0.2, 0) is 84.8 Å². The SMILES string of the molecule is CC[C@H](C)[C@H](NC(=O)[C@H](Cc1ccccc1)NC(=O)[C@H](CCC(=O)O)NC(=O)[C@H](CCCCN)NC(=O)[C@H](C)NC(=O)[C@H](C)NC(=O)[C@H](CCC(N)=O)NC(=O)CNC(=O)[C@@H](N)CCC(=O)O)C(=O)N[C@@H](C)C(=O)N[C@@H](Cc1c[nH]c2ccccc12)C(=O)N[C@@H](CC(C)C)C(=O)O. The van der Waals surface area contributed by atoms with Gasteiger partial charge in [-0.3, -0.25) is 67.1 Å². The Morgan fingerprint density at radius 1 is 0.485 bits per heavy atom. The van der Waals surface area contributed by atoms with Crippen molar-refractivity contribution in [1.29, 1.82) is 0 Å². The number of fused-ring (bicyclic) bond motifs is 1. The quantitative estimate of drug-likeness (QED) is 0.0263. The fourth-order valence-corrected chi connectivity index (χ4v) is 9.81. The number of unbranched alkanes of at least 4 members (excludes halogenated alkanes) is 1. The average Bonchev–Trinajstić information content (AvgIpc) is 1.80. The Hall–Kier alpha value is -10.1. The Bertz CT molecular complexity index is 3240. The van der Waals surface area contributed by atoms with Gasteiger partial charge in [-0.2, -0.15) is 0 Å². The Morgan fingerprint density at radius 2 is 0.948 bits per heavy atom. The van der Waals surface area contributed by atoms with Crippen LogP contribution in [0.15, 0.2) is 60.8 Å². The van der Waals surface area contributed by atoms with Gasteiger partial charge >= 0.3 is 17.9 Å². The molecule has 97 heavy (non-hydrogen) atoms. The number of rotatable bonds is 44. The molecule has 0 unspecified atom stereocenters. The molecule has 0 saturated carbocycles. The number of aliphatic carboxylic acids is 3. The number of aromatic amines is 1. The number of nitrogens with two attached hydrogens (primary N) is 3. The minimum Gasteiger partial charge on any atom is -0.481 e. The van der Waals surface area contributed by atoms with Gasteiger partial charge in [0, 0.05) is 49.2 Å². The summed E-state index contributed by atoms with van der Waals surface area (Å²) in [5.41, 5.74) is 18.6. The number of carbonyl (C=O) groups excluding carboxylic acids is 12. The van der Waals surface area contributed by atoms with E-state index in [1.165, 1.54) is 20.8 Å². The summed E-state index contributed by atoms with van der Waals surface area (Å²) in [6.07, 6.45) is -0.400. The molecule has 0 aliphatic carbocycles. The Kier molecular flexibility index (Phi) is 34.3. The first kappa shape index (κ1) is 81.2. The maximum absolute atomic E-state index is 14.6. The molecule has 534 valence electrons. The highest BCUT2D eigenvalue weighted by atomic mass is 16.4. The molecule has 3 rings (SSSR count). The van der Waals surface area contributed by atoms with E-state index in [0.29, 0.717) is 24.0 Å². The third-order valence-electron chi connectivity index (χ3n) is 15.6. The second kappa shape index (κ2) is 41.0. The van der Waals surface area contributed by atoms with Crippen LogP contribution >= 0.6 is 0 Å². The summed E-state index contributed by atoms with van der Waals surface area (Å²) < 4.78 is 0. The van der Waals surface area contributed by atoms with Crippen LogP contribution in [0.25, 0.3) is 10.9 Å². The predicted octanol–water partition coefficient (Wildman–Crippen LogP) is -2.39. The molecule has 33 nitrogen and oxygen atoms in total. The van der Waals surface area contributed by atoms with Crippen LogP contribution in [-0.4, -0.2) is 189 Å². The number of primary amides is 1. The summed E-state index contributed by atoms with van der Waals surface area (Å²) in [4.78, 5) is 201. The van der Waals surface area contributed by atoms with E-state index >= 15 is 0 Å². The lowest BCUT2D eigenvalue weighted by atomic mass is 9.96. The molecular weight excluding hydrogens is 1270 g/mol. The number of carbonyl (C=O) groups is 15. The maximum Gasteiger partial charge on any atom is 0.326 e. The highest BCUT2D eigenvalue weighted by Crippen LogP contribution is 2.20. The summed E-state index contributed by atoms with van der Waals surface area (Å²) in [5.74, 6) is -15.5. The van der Waals surface area contributed by atoms with Crippen molar-refractivity contribution < 1.29 is 87.2 Å². The first-order valence-corrected chi connectivity index (χ1v) is 32.0. The van der Waals surface area contributed by atoms with Crippen LogP contribution in [0.5, 0.6) is 0 Å². The number of H-pyrrole nitrogens is 1. The molecular formula is C64H95N15O18. The van der Waals surface area contributed by atoms with Crippen molar-refractivity contribution in [1.82, 2.24) is 63.5 Å². The van der Waals surface area contributed by atoms with Crippen LogP contribution in [0.1, 0.15) is 130 Å². The second-order valence-electron chi connectivity index (χ2n) is 24.2. The van der Waals surface area contributed by atoms with Gasteiger partial charge in [-0.25, -0.2) is 4.79 Å². The minimum atomic E-state index is -1.69. The Balaban J connectivity index is 1.83. The Labute approximate surface area is 561 Å². The van der Waals surface area contributed by atoms with Crippen molar-refractivity contribution in [3.63, 3.8) is 0 Å². The van der Waals surface area contributed by atoms with E-state index in [0.717, 1.165) is 10.9 Å². The molecule has 1 aromatic heterocycles. The van der Waals surface area contributed by atoms with Crippen molar-refractivity contribution in [2.75, 3.05) is 13.1 Å². The molecule has 12 amide bonds. The van der Waals surface area contributed by atoms with Gasteiger partial charge in [0.25, 0.3) is 0 Å². The van der Waals surface area contributed by atoms with Gasteiger partial charge in [-0.05, 0) is 101 Å². The molecule has 0 aliphatic rings. The molecule has 12 atom stereocenters. The normalized spacial score (nSPS) is 14.8. The lowest BCUT2D eigenvalue weighted by molar-refractivity contribution is -0.143. The van der Waals surface area contributed by atoms with Gasteiger partial charge in [-0.1, -0.05) is 82.6 Å². The maximum atomic E-state index is 14.6. The van der Waals surface area contributed by atoms with Crippen molar-refractivity contribution in [2.45, 2.75) is 198 Å². The van der Waals surface area contributed by atoms with E-state index in [9.17, 15) is 82.1 Å². The zero-order valence-corrected chi connectivity index (χ0v) is 55.6. The molecule has 0 bridgehead atoms. The average molecular weight is 1360 g/mol. The number of amides is 12. The standard InChI is InChI=1S/C64H95N15O18/c1-8-34(4)53(63(95)72-37(7)56(88)76-47(61(93)78-48(64(96)97)28-33(2)3)30-39-31-68-42-19-13-12-18-40(39)42)79-62(94)46(29-38-16-10-9-11-17-38)77-60(92)45(23-26-52(84)85)75-59(91)43(20-14-15-27-65)74-55(87)36(6)70-54(86)35(5)71-58(90)44(22-24-49(67)80)73-50(81)32-69-57(89)41(66)21-25-51(82)83/h9-13,16-19,31,33-37,41,43-48,53,68H,8,14-15,20-30,32,65-66H2,1-7H3,(H2,67,80)(H,69,89)(H,70,86)(H,71,90)(H,72,95)(H,73,81)(H,74,87)(H,75,91)(H,76,88)(H,77,92)(H,78,93)(H,79,94)(H,82,83)(H,84,85)(H,96,97)/t34-,35-,36-,37-,41-,43-,44-,45-,46-,47-,48-,53-/m0/s1. The summed E-state index contributed by atoms with van der Waals surface area (Å²) in [6.45, 7) is 10.2. The van der Waals surface area contributed by atoms with Gasteiger partial charge in [0.05, 0.1) is 12.6 Å². The van der Waals surface area contributed by atoms with E-state index in [-0.39, 0.29) is 57.4 Å². The molecule has 0 radical (unpaired) electrons. The van der Waals surface area contributed by atoms with Crippen LogP contribution in [0, 0.1) is 11.8 Å². The summed E-state index contributed by atoms with van der Waals surface area (Å²) in [7, 11) is 0. The summed E-state index contributed by atoms with van der Waals surface area (Å²) >= 11 is 0. The molecule has 21 N–H and O–H groups in total. The highest BCUT2D eigenvalue weighted by Gasteiger charge is 2.37. The number of para-hydroxylation sites is 1.